The Hall–Kier alpha value is -2.44. The number of aliphatic carboxylic acids is 1. The number of piperidine rings is 1. The van der Waals surface area contributed by atoms with Gasteiger partial charge >= 0.3 is 5.97 Å². The van der Waals surface area contributed by atoms with Gasteiger partial charge in [-0.2, -0.15) is 5.10 Å². The van der Waals surface area contributed by atoms with Gasteiger partial charge in [-0.05, 0) is 39.7 Å². The number of amides is 1. The van der Waals surface area contributed by atoms with Crippen LogP contribution in [0.4, 0.5) is 0 Å². The maximum atomic E-state index is 13.2. The highest BCUT2D eigenvalue weighted by atomic mass is 16.4. The van der Waals surface area contributed by atoms with E-state index in [1.165, 1.54) is 0 Å². The molecule has 1 fully saturated rings. The van der Waals surface area contributed by atoms with Crippen LogP contribution in [0.15, 0.2) is 6.07 Å². The first-order chi connectivity index (χ1) is 11.3. The van der Waals surface area contributed by atoms with Gasteiger partial charge in [-0.1, -0.05) is 0 Å². The predicted octanol–water partition coefficient (Wildman–Crippen LogP) is 1.91. The van der Waals surface area contributed by atoms with Crippen molar-refractivity contribution in [2.24, 2.45) is 13.0 Å². The molecule has 1 aliphatic rings. The molecule has 2 aromatic heterocycles. The molecule has 1 saturated heterocycles. The van der Waals surface area contributed by atoms with E-state index >= 15 is 0 Å². The highest BCUT2D eigenvalue weighted by molar-refractivity contribution is 6.06. The second-order valence-electron chi connectivity index (χ2n) is 6.64. The molecule has 128 valence electrons. The molecule has 24 heavy (non-hydrogen) atoms. The molecular weight excluding hydrogens is 308 g/mol. The zero-order chi connectivity index (χ0) is 17.6. The fourth-order valence-corrected chi connectivity index (χ4v) is 3.48. The third-order valence-corrected chi connectivity index (χ3v) is 4.82. The van der Waals surface area contributed by atoms with Gasteiger partial charge in [0.25, 0.3) is 5.91 Å². The third-order valence-electron chi connectivity index (χ3n) is 4.82. The molecule has 0 aliphatic carbocycles. The van der Waals surface area contributed by atoms with Crippen molar-refractivity contribution < 1.29 is 14.7 Å². The molecular formula is C17H22N4O3. The Morgan fingerprint density at radius 1 is 1.29 bits per heavy atom. The lowest BCUT2D eigenvalue weighted by molar-refractivity contribution is -0.143. The molecule has 1 amide bonds. The number of aryl methyl sites for hydroxylation is 3. The molecule has 3 heterocycles. The molecule has 3 rings (SSSR count). The normalized spacial score (nSPS) is 21.2. The number of aromatic nitrogens is 3. The van der Waals surface area contributed by atoms with E-state index in [1.807, 2.05) is 20.8 Å². The quantitative estimate of drug-likeness (QED) is 0.908. The molecule has 2 unspecified atom stereocenters. The molecule has 1 aliphatic heterocycles. The van der Waals surface area contributed by atoms with Crippen LogP contribution in [0.1, 0.15) is 41.5 Å². The summed E-state index contributed by atoms with van der Waals surface area (Å²) in [5.41, 5.74) is 2.73. The first kappa shape index (κ1) is 16.4. The van der Waals surface area contributed by atoms with E-state index in [-0.39, 0.29) is 18.5 Å². The first-order valence-corrected chi connectivity index (χ1v) is 8.14. The molecule has 1 N–H and O–H groups in total. The summed E-state index contributed by atoms with van der Waals surface area (Å²) >= 11 is 0. The molecule has 0 saturated carbocycles. The number of likely N-dealkylation sites (tertiary alicyclic amines) is 1. The molecule has 2 atom stereocenters. The van der Waals surface area contributed by atoms with Crippen LogP contribution in [0, 0.1) is 19.8 Å². The number of hydrogen-bond acceptors (Lipinski definition) is 4. The topological polar surface area (TPSA) is 88.3 Å². The lowest BCUT2D eigenvalue weighted by Gasteiger charge is -2.36. The summed E-state index contributed by atoms with van der Waals surface area (Å²) in [6.07, 6.45) is 1.30. The Bertz CT molecular complexity index is 827. The summed E-state index contributed by atoms with van der Waals surface area (Å²) in [6, 6.07) is 1.80. The number of rotatable bonds is 2. The third kappa shape index (κ3) is 2.64. The van der Waals surface area contributed by atoms with Crippen LogP contribution < -0.4 is 0 Å². The monoisotopic (exact) mass is 330 g/mol. The summed E-state index contributed by atoms with van der Waals surface area (Å²) in [4.78, 5) is 30.7. The van der Waals surface area contributed by atoms with Crippen LogP contribution in [0.5, 0.6) is 0 Å². The molecule has 7 nitrogen and oxygen atoms in total. The minimum atomic E-state index is -0.840. The largest absolute Gasteiger partial charge is 0.481 e. The van der Waals surface area contributed by atoms with Gasteiger partial charge in [-0.15, -0.1) is 0 Å². The lowest BCUT2D eigenvalue weighted by Crippen LogP contribution is -2.47. The average molecular weight is 330 g/mol. The molecule has 2 aromatic rings. The second-order valence-corrected chi connectivity index (χ2v) is 6.64. The maximum Gasteiger partial charge on any atom is 0.308 e. The number of carbonyl (C=O) groups is 2. The van der Waals surface area contributed by atoms with E-state index in [2.05, 4.69) is 10.1 Å². The minimum Gasteiger partial charge on any atom is -0.481 e. The van der Waals surface area contributed by atoms with Gasteiger partial charge in [-0.25, -0.2) is 4.98 Å². The van der Waals surface area contributed by atoms with E-state index in [0.717, 1.165) is 16.8 Å². The van der Waals surface area contributed by atoms with Crippen LogP contribution in [0.3, 0.4) is 0 Å². The van der Waals surface area contributed by atoms with Gasteiger partial charge in [0.2, 0.25) is 0 Å². The summed E-state index contributed by atoms with van der Waals surface area (Å²) in [5, 5.41) is 14.4. The highest BCUT2D eigenvalue weighted by Crippen LogP contribution is 2.28. The first-order valence-electron chi connectivity index (χ1n) is 8.14. The van der Waals surface area contributed by atoms with Gasteiger partial charge < -0.3 is 10.0 Å². The van der Waals surface area contributed by atoms with Gasteiger partial charge in [-0.3, -0.25) is 14.3 Å². The molecule has 0 spiro atoms. The predicted molar refractivity (Wildman–Crippen MR) is 88.8 cm³/mol. The van der Waals surface area contributed by atoms with Crippen molar-refractivity contribution in [3.63, 3.8) is 0 Å². The number of carbonyl (C=O) groups excluding carboxylic acids is 1. The number of nitrogens with zero attached hydrogens (tertiary/aromatic N) is 4. The van der Waals surface area contributed by atoms with Gasteiger partial charge in [0, 0.05) is 25.3 Å². The summed E-state index contributed by atoms with van der Waals surface area (Å²) in [6.45, 7) is 5.92. The smallest absolute Gasteiger partial charge is 0.308 e. The Balaban J connectivity index is 2.06. The summed E-state index contributed by atoms with van der Waals surface area (Å²) < 4.78 is 1.67. The van der Waals surface area contributed by atoms with Crippen LogP contribution >= 0.6 is 0 Å². The van der Waals surface area contributed by atoms with E-state index in [0.29, 0.717) is 24.1 Å². The van der Waals surface area contributed by atoms with E-state index < -0.39 is 11.9 Å². The maximum absolute atomic E-state index is 13.2. The average Bonchev–Trinajstić information content (AvgIpc) is 2.80. The fourth-order valence-electron chi connectivity index (χ4n) is 3.48. The minimum absolute atomic E-state index is 0.0219. The van der Waals surface area contributed by atoms with Crippen molar-refractivity contribution in [3.05, 3.63) is 23.0 Å². The highest BCUT2D eigenvalue weighted by Gasteiger charge is 2.34. The van der Waals surface area contributed by atoms with E-state index in [1.54, 1.807) is 22.7 Å². The van der Waals surface area contributed by atoms with Crippen molar-refractivity contribution in [1.29, 1.82) is 0 Å². The Morgan fingerprint density at radius 3 is 2.67 bits per heavy atom. The van der Waals surface area contributed by atoms with Crippen molar-refractivity contribution >= 4 is 22.9 Å². The van der Waals surface area contributed by atoms with Crippen LogP contribution in [-0.4, -0.2) is 49.2 Å². The van der Waals surface area contributed by atoms with E-state index in [4.69, 9.17) is 0 Å². The number of fused-ring (bicyclic) bond motifs is 1. The Morgan fingerprint density at radius 2 is 2.00 bits per heavy atom. The molecule has 7 heteroatoms. The van der Waals surface area contributed by atoms with Crippen molar-refractivity contribution in [1.82, 2.24) is 19.7 Å². The molecule has 0 radical (unpaired) electrons. The van der Waals surface area contributed by atoms with Crippen molar-refractivity contribution in [2.45, 2.75) is 39.7 Å². The van der Waals surface area contributed by atoms with Crippen molar-refractivity contribution in [2.75, 3.05) is 6.54 Å². The van der Waals surface area contributed by atoms with Crippen LogP contribution in [0.2, 0.25) is 0 Å². The fraction of sp³-hybridized carbons (Fsp3) is 0.529. The zero-order valence-corrected chi connectivity index (χ0v) is 14.4. The number of hydrogen-bond donors (Lipinski definition) is 1. The number of carboxylic acids is 1. The van der Waals surface area contributed by atoms with Crippen LogP contribution in [-0.2, 0) is 11.8 Å². The van der Waals surface area contributed by atoms with Gasteiger partial charge in [0.05, 0.1) is 22.6 Å². The van der Waals surface area contributed by atoms with Crippen molar-refractivity contribution in [3.8, 4) is 0 Å². The summed E-state index contributed by atoms with van der Waals surface area (Å²) in [7, 11) is 1.81. The second kappa shape index (κ2) is 5.89. The number of carboxylic acid groups (broad SMARTS) is 1. The number of pyridine rings is 1. The molecule has 0 bridgehead atoms. The Labute approximate surface area is 140 Å². The molecule has 0 aromatic carbocycles. The Kier molecular flexibility index (Phi) is 4.03. The van der Waals surface area contributed by atoms with Gasteiger partial charge in [0.1, 0.15) is 0 Å². The van der Waals surface area contributed by atoms with Crippen LogP contribution in [0.25, 0.3) is 11.0 Å². The zero-order valence-electron chi connectivity index (χ0n) is 14.4. The SMILES string of the molecule is Cc1cc(C(=O)N2CC(C(=O)O)CCC2C)c2c(C)nn(C)c2n1. The van der Waals surface area contributed by atoms with Gasteiger partial charge in [0.15, 0.2) is 5.65 Å². The standard InChI is InChI=1S/C17H22N4O3/c1-9-7-13(14-11(3)19-20(4)15(14)18-9)16(22)21-8-12(17(23)24)6-5-10(21)2/h7,10,12H,5-6,8H2,1-4H3,(H,23,24). The lowest BCUT2D eigenvalue weighted by atomic mass is 9.92. The van der Waals surface area contributed by atoms with E-state index in [9.17, 15) is 14.7 Å². The summed E-state index contributed by atoms with van der Waals surface area (Å²) in [5.74, 6) is -1.48.